The standard InChI is InChI=1S/C35H43N5O6S/c1-36(2)33(41)31-11-8-18-39(31)35(29-17-12-25(23-32(29)46-5)24-38-21-19-37(3)20-22-38)28-9-6-7-10-30(28)40(34(35)42)47(43,44)27-15-13-26(45-4)14-16-27/h6-7,9-10,12-17,23,31H,8,11,18-22,24H2,1-5H3/t31-,35?/m0/s1. The predicted molar refractivity (Wildman–Crippen MR) is 179 cm³/mol. The van der Waals surface area contributed by atoms with Crippen molar-refractivity contribution in [3.05, 3.63) is 83.4 Å². The summed E-state index contributed by atoms with van der Waals surface area (Å²) in [5, 5.41) is 0. The monoisotopic (exact) mass is 661 g/mol. The van der Waals surface area contributed by atoms with Gasteiger partial charge in [0, 0.05) is 64.5 Å². The van der Waals surface area contributed by atoms with Crippen LogP contribution in [0.2, 0.25) is 0 Å². The Morgan fingerprint density at radius 1 is 0.915 bits per heavy atom. The van der Waals surface area contributed by atoms with Crippen LogP contribution >= 0.6 is 0 Å². The summed E-state index contributed by atoms with van der Waals surface area (Å²) >= 11 is 0. The van der Waals surface area contributed by atoms with Crippen LogP contribution < -0.4 is 13.8 Å². The molecule has 3 aliphatic heterocycles. The average Bonchev–Trinajstić information content (AvgIpc) is 3.66. The zero-order valence-electron chi connectivity index (χ0n) is 27.7. The van der Waals surface area contributed by atoms with Crippen molar-refractivity contribution in [2.75, 3.05) is 72.4 Å². The molecule has 0 bridgehead atoms. The molecule has 47 heavy (non-hydrogen) atoms. The minimum absolute atomic E-state index is 0.0471. The molecular formula is C35H43N5O6S. The van der Waals surface area contributed by atoms with Gasteiger partial charge in [0.15, 0.2) is 5.54 Å². The molecule has 0 N–H and O–H groups in total. The second-order valence-electron chi connectivity index (χ2n) is 12.7. The summed E-state index contributed by atoms with van der Waals surface area (Å²) in [6.07, 6.45) is 1.19. The number of amides is 2. The molecule has 3 aliphatic rings. The average molecular weight is 662 g/mol. The number of carbonyl (C=O) groups is 2. The van der Waals surface area contributed by atoms with Gasteiger partial charge in [-0.15, -0.1) is 0 Å². The van der Waals surface area contributed by atoms with Crippen LogP contribution in [0, 0.1) is 0 Å². The molecule has 3 aromatic rings. The van der Waals surface area contributed by atoms with Crippen molar-refractivity contribution in [2.24, 2.45) is 0 Å². The van der Waals surface area contributed by atoms with Crippen molar-refractivity contribution in [2.45, 2.75) is 35.9 Å². The number of carbonyl (C=O) groups excluding carboxylic acids is 2. The van der Waals surface area contributed by atoms with E-state index in [0.29, 0.717) is 48.6 Å². The van der Waals surface area contributed by atoms with Crippen molar-refractivity contribution >= 4 is 27.5 Å². The number of ether oxygens (including phenoxy) is 2. The van der Waals surface area contributed by atoms with Crippen molar-refractivity contribution in [3.63, 3.8) is 0 Å². The Kier molecular flexibility index (Phi) is 9.05. The van der Waals surface area contributed by atoms with Crippen LogP contribution in [0.15, 0.2) is 71.6 Å². The number of anilines is 1. The van der Waals surface area contributed by atoms with Crippen molar-refractivity contribution in [1.82, 2.24) is 19.6 Å². The normalized spacial score (nSPS) is 22.4. The molecule has 6 rings (SSSR count). The Balaban J connectivity index is 1.54. The molecule has 12 heteroatoms. The number of benzene rings is 3. The minimum Gasteiger partial charge on any atom is -0.497 e. The van der Waals surface area contributed by atoms with E-state index in [1.165, 1.54) is 24.1 Å². The highest BCUT2D eigenvalue weighted by molar-refractivity contribution is 7.93. The first-order chi connectivity index (χ1) is 22.5. The smallest absolute Gasteiger partial charge is 0.271 e. The topological polar surface area (TPSA) is 103 Å². The summed E-state index contributed by atoms with van der Waals surface area (Å²) < 4.78 is 41.1. The number of sulfonamides is 1. The van der Waals surface area contributed by atoms with Gasteiger partial charge in [0.25, 0.3) is 15.9 Å². The highest BCUT2D eigenvalue weighted by Gasteiger charge is 2.62. The maximum absolute atomic E-state index is 15.3. The Morgan fingerprint density at radius 2 is 1.62 bits per heavy atom. The third-order valence-corrected chi connectivity index (χ3v) is 11.4. The SMILES string of the molecule is COc1ccc(S(=O)(=O)N2C(=O)C(c3ccc(CN4CCN(C)CC4)cc3OC)(N3CCC[C@H]3C(=O)N(C)C)c3ccccc32)cc1. The third kappa shape index (κ3) is 5.56. The summed E-state index contributed by atoms with van der Waals surface area (Å²) in [5.41, 5.74) is 0.616. The van der Waals surface area contributed by atoms with E-state index < -0.39 is 27.5 Å². The second-order valence-corrected chi connectivity index (χ2v) is 14.5. The lowest BCUT2D eigenvalue weighted by molar-refractivity contribution is -0.138. The Hall–Kier alpha value is -3.97. The Labute approximate surface area is 277 Å². The molecule has 0 saturated carbocycles. The first kappa shape index (κ1) is 33.0. The largest absolute Gasteiger partial charge is 0.497 e. The molecule has 0 radical (unpaired) electrons. The molecule has 3 heterocycles. The van der Waals surface area contributed by atoms with Gasteiger partial charge < -0.3 is 19.3 Å². The number of hydrogen-bond donors (Lipinski definition) is 0. The molecule has 2 fully saturated rings. The Bertz CT molecular complexity index is 1760. The van der Waals surface area contributed by atoms with Gasteiger partial charge >= 0.3 is 0 Å². The molecule has 0 spiro atoms. The maximum atomic E-state index is 15.3. The maximum Gasteiger partial charge on any atom is 0.271 e. The highest BCUT2D eigenvalue weighted by atomic mass is 32.2. The van der Waals surface area contributed by atoms with Crippen molar-refractivity contribution < 1.29 is 27.5 Å². The molecule has 3 aromatic carbocycles. The summed E-state index contributed by atoms with van der Waals surface area (Å²) in [6.45, 7) is 4.97. The van der Waals surface area contributed by atoms with Gasteiger partial charge in [-0.05, 0) is 61.9 Å². The number of likely N-dealkylation sites (tertiary alicyclic amines) is 1. The fraction of sp³-hybridized carbons (Fsp3) is 0.429. The molecule has 250 valence electrons. The molecule has 2 amide bonds. The number of fused-ring (bicyclic) bond motifs is 1. The van der Waals surface area contributed by atoms with Gasteiger partial charge in [0.1, 0.15) is 11.5 Å². The second kappa shape index (κ2) is 12.9. The van der Waals surface area contributed by atoms with Crippen LogP contribution in [0.3, 0.4) is 0 Å². The lowest BCUT2D eigenvalue weighted by Crippen LogP contribution is -2.59. The van der Waals surface area contributed by atoms with Gasteiger partial charge in [-0.1, -0.05) is 30.3 Å². The molecule has 0 aliphatic carbocycles. The van der Waals surface area contributed by atoms with Crippen LogP contribution in [0.5, 0.6) is 11.5 Å². The third-order valence-electron chi connectivity index (χ3n) is 9.67. The van der Waals surface area contributed by atoms with Gasteiger partial charge in [-0.2, -0.15) is 0 Å². The van der Waals surface area contributed by atoms with E-state index in [1.54, 1.807) is 57.6 Å². The van der Waals surface area contributed by atoms with E-state index >= 15 is 4.79 Å². The summed E-state index contributed by atoms with van der Waals surface area (Å²) in [6, 6.07) is 18.1. The number of rotatable bonds is 9. The quantitative estimate of drug-likeness (QED) is 0.343. The summed E-state index contributed by atoms with van der Waals surface area (Å²) in [7, 11) is 4.20. The summed E-state index contributed by atoms with van der Waals surface area (Å²) in [4.78, 5) is 37.1. The molecule has 2 atom stereocenters. The first-order valence-corrected chi connectivity index (χ1v) is 17.4. The van der Waals surface area contributed by atoms with E-state index in [-0.39, 0.29) is 16.5 Å². The van der Waals surface area contributed by atoms with Gasteiger partial charge in [0.05, 0.1) is 30.8 Å². The zero-order chi connectivity index (χ0) is 33.5. The Morgan fingerprint density at radius 3 is 2.28 bits per heavy atom. The lowest BCUT2D eigenvalue weighted by atomic mass is 9.80. The number of nitrogens with zero attached hydrogens (tertiary/aromatic N) is 5. The number of hydrogen-bond acceptors (Lipinski definition) is 9. The van der Waals surface area contributed by atoms with Crippen LogP contribution in [0.1, 0.15) is 29.5 Å². The van der Waals surface area contributed by atoms with Gasteiger partial charge in [0.2, 0.25) is 5.91 Å². The van der Waals surface area contributed by atoms with E-state index in [4.69, 9.17) is 9.47 Å². The van der Waals surface area contributed by atoms with Crippen LogP contribution in [0.4, 0.5) is 5.69 Å². The number of methoxy groups -OCH3 is 2. The van der Waals surface area contributed by atoms with E-state index in [2.05, 4.69) is 16.8 Å². The fourth-order valence-electron chi connectivity index (χ4n) is 7.23. The number of likely N-dealkylation sites (N-methyl/N-ethyl adjacent to an activating group) is 2. The van der Waals surface area contributed by atoms with Crippen LogP contribution in [0.25, 0.3) is 0 Å². The molecule has 11 nitrogen and oxygen atoms in total. The lowest BCUT2D eigenvalue weighted by Gasteiger charge is -2.42. The highest BCUT2D eigenvalue weighted by Crippen LogP contribution is 2.54. The van der Waals surface area contributed by atoms with Gasteiger partial charge in [-0.25, -0.2) is 12.7 Å². The minimum atomic E-state index is -4.39. The molecule has 2 saturated heterocycles. The van der Waals surface area contributed by atoms with Crippen LogP contribution in [-0.2, 0) is 31.7 Å². The molecule has 0 aromatic heterocycles. The van der Waals surface area contributed by atoms with Gasteiger partial charge in [-0.3, -0.25) is 19.4 Å². The van der Waals surface area contributed by atoms with Crippen LogP contribution in [-0.4, -0.2) is 114 Å². The van der Waals surface area contributed by atoms with E-state index in [9.17, 15) is 13.2 Å². The molecule has 1 unspecified atom stereocenters. The van der Waals surface area contributed by atoms with E-state index in [1.807, 2.05) is 23.1 Å². The predicted octanol–water partition coefficient (Wildman–Crippen LogP) is 2.98. The number of piperazine rings is 1. The van der Waals surface area contributed by atoms with Crippen molar-refractivity contribution in [1.29, 1.82) is 0 Å². The van der Waals surface area contributed by atoms with E-state index in [0.717, 1.165) is 36.0 Å². The zero-order valence-corrected chi connectivity index (χ0v) is 28.5. The first-order valence-electron chi connectivity index (χ1n) is 15.9. The number of para-hydroxylation sites is 1. The van der Waals surface area contributed by atoms with Crippen molar-refractivity contribution in [3.8, 4) is 11.5 Å². The molecular weight excluding hydrogens is 618 g/mol. The fourth-order valence-corrected chi connectivity index (χ4v) is 8.69. The summed E-state index contributed by atoms with van der Waals surface area (Å²) in [5.74, 6) is 0.147.